The van der Waals surface area contributed by atoms with Crippen molar-refractivity contribution in [3.05, 3.63) is 53.6 Å². The Labute approximate surface area is 114 Å². The van der Waals surface area contributed by atoms with Crippen LogP contribution in [0.25, 0.3) is 0 Å². The van der Waals surface area contributed by atoms with Crippen LogP contribution in [0.5, 0.6) is 5.75 Å². The number of nitrogens with two attached hydrogens (primary N) is 1. The molecule has 0 atom stereocenters. The number of nitrogens with one attached hydrogen (secondary N) is 1. The molecular formula is C14H12F2N2O2. The Morgan fingerprint density at radius 1 is 1.20 bits per heavy atom. The molecule has 6 heteroatoms. The van der Waals surface area contributed by atoms with Gasteiger partial charge in [0.25, 0.3) is 5.91 Å². The van der Waals surface area contributed by atoms with Gasteiger partial charge in [0.15, 0.2) is 0 Å². The van der Waals surface area contributed by atoms with E-state index in [-0.39, 0.29) is 17.0 Å². The molecule has 0 bridgehead atoms. The summed E-state index contributed by atoms with van der Waals surface area (Å²) in [4.78, 5) is 12.0. The average Bonchev–Trinajstić information content (AvgIpc) is 2.43. The molecule has 0 heterocycles. The molecular weight excluding hydrogens is 266 g/mol. The van der Waals surface area contributed by atoms with Crippen LogP contribution in [0.4, 0.5) is 20.2 Å². The van der Waals surface area contributed by atoms with Crippen LogP contribution >= 0.6 is 0 Å². The number of methoxy groups -OCH3 is 1. The number of halogens is 2. The maximum Gasteiger partial charge on any atom is 0.255 e. The number of hydrogen-bond donors (Lipinski definition) is 2. The van der Waals surface area contributed by atoms with E-state index in [9.17, 15) is 13.6 Å². The SMILES string of the molecule is COc1cc(F)ccc1NC(=O)c1ccc(F)c(N)c1. The third kappa shape index (κ3) is 2.85. The van der Waals surface area contributed by atoms with Gasteiger partial charge in [0.05, 0.1) is 18.5 Å². The highest BCUT2D eigenvalue weighted by atomic mass is 19.1. The Balaban J connectivity index is 2.25. The van der Waals surface area contributed by atoms with Crippen LogP contribution < -0.4 is 15.8 Å². The number of hydrogen-bond acceptors (Lipinski definition) is 3. The van der Waals surface area contributed by atoms with Crippen LogP contribution in [0.15, 0.2) is 36.4 Å². The third-order valence-corrected chi connectivity index (χ3v) is 2.67. The van der Waals surface area contributed by atoms with Gasteiger partial charge in [-0.25, -0.2) is 8.78 Å². The molecule has 0 aliphatic carbocycles. The molecule has 0 saturated carbocycles. The van der Waals surface area contributed by atoms with E-state index < -0.39 is 17.5 Å². The van der Waals surface area contributed by atoms with Gasteiger partial charge in [-0.1, -0.05) is 0 Å². The standard InChI is InChI=1S/C14H12F2N2O2/c1-20-13-7-9(15)3-5-12(13)18-14(19)8-2-4-10(16)11(17)6-8/h2-7H,17H2,1H3,(H,18,19). The van der Waals surface area contributed by atoms with Gasteiger partial charge in [-0.15, -0.1) is 0 Å². The predicted molar refractivity (Wildman–Crippen MR) is 71.7 cm³/mol. The van der Waals surface area contributed by atoms with Crippen molar-refractivity contribution in [2.24, 2.45) is 0 Å². The Bertz CT molecular complexity index is 660. The lowest BCUT2D eigenvalue weighted by Crippen LogP contribution is -2.13. The van der Waals surface area contributed by atoms with Crippen LogP contribution in [-0.4, -0.2) is 13.0 Å². The Hall–Kier alpha value is -2.63. The molecule has 104 valence electrons. The lowest BCUT2D eigenvalue weighted by molar-refractivity contribution is 0.102. The molecule has 4 nitrogen and oxygen atoms in total. The molecule has 3 N–H and O–H groups in total. The number of nitrogen functional groups attached to an aromatic ring is 1. The molecule has 0 spiro atoms. The molecule has 0 fully saturated rings. The van der Waals surface area contributed by atoms with Gasteiger partial charge in [-0.3, -0.25) is 4.79 Å². The zero-order chi connectivity index (χ0) is 14.7. The summed E-state index contributed by atoms with van der Waals surface area (Å²) in [6, 6.07) is 7.34. The minimum Gasteiger partial charge on any atom is -0.494 e. The summed E-state index contributed by atoms with van der Waals surface area (Å²) in [7, 11) is 1.36. The van der Waals surface area contributed by atoms with Crippen LogP contribution in [0, 0.1) is 11.6 Å². The highest BCUT2D eigenvalue weighted by Gasteiger charge is 2.12. The summed E-state index contributed by atoms with van der Waals surface area (Å²) in [5.41, 5.74) is 5.77. The van der Waals surface area contributed by atoms with Crippen molar-refractivity contribution in [2.45, 2.75) is 0 Å². The first kappa shape index (κ1) is 13.8. The van der Waals surface area contributed by atoms with Gasteiger partial charge in [0.1, 0.15) is 17.4 Å². The number of carbonyl (C=O) groups excluding carboxylic acids is 1. The fraction of sp³-hybridized carbons (Fsp3) is 0.0714. The zero-order valence-corrected chi connectivity index (χ0v) is 10.6. The van der Waals surface area contributed by atoms with Crippen LogP contribution in [0.3, 0.4) is 0 Å². The second-order valence-electron chi connectivity index (χ2n) is 4.04. The quantitative estimate of drug-likeness (QED) is 0.848. The van der Waals surface area contributed by atoms with Crippen LogP contribution in [0.2, 0.25) is 0 Å². The first-order valence-electron chi connectivity index (χ1n) is 5.71. The van der Waals surface area contributed by atoms with Crippen LogP contribution in [0.1, 0.15) is 10.4 Å². The first-order chi connectivity index (χ1) is 9.51. The van der Waals surface area contributed by atoms with Crippen molar-refractivity contribution in [3.63, 3.8) is 0 Å². The predicted octanol–water partition coefficient (Wildman–Crippen LogP) is 2.81. The number of amides is 1. The summed E-state index contributed by atoms with van der Waals surface area (Å²) in [5, 5.41) is 2.54. The summed E-state index contributed by atoms with van der Waals surface area (Å²) >= 11 is 0. The van der Waals surface area contributed by atoms with Crippen LogP contribution in [-0.2, 0) is 0 Å². The summed E-state index contributed by atoms with van der Waals surface area (Å²) < 4.78 is 31.0. The summed E-state index contributed by atoms with van der Waals surface area (Å²) in [6.07, 6.45) is 0. The molecule has 1 amide bonds. The largest absolute Gasteiger partial charge is 0.494 e. The topological polar surface area (TPSA) is 64.3 Å². The van der Waals surface area contributed by atoms with E-state index in [4.69, 9.17) is 10.5 Å². The fourth-order valence-corrected chi connectivity index (χ4v) is 1.65. The monoisotopic (exact) mass is 278 g/mol. The number of anilines is 2. The Kier molecular flexibility index (Phi) is 3.84. The van der Waals surface area contributed by atoms with E-state index in [0.717, 1.165) is 12.1 Å². The lowest BCUT2D eigenvalue weighted by atomic mass is 10.1. The molecule has 0 aliphatic rings. The smallest absolute Gasteiger partial charge is 0.255 e. The molecule has 0 aliphatic heterocycles. The van der Waals surface area contributed by atoms with Crippen molar-refractivity contribution in [3.8, 4) is 5.75 Å². The Morgan fingerprint density at radius 3 is 2.60 bits per heavy atom. The second-order valence-corrected chi connectivity index (χ2v) is 4.04. The number of carbonyl (C=O) groups is 1. The average molecular weight is 278 g/mol. The minimum atomic E-state index is -0.596. The molecule has 0 saturated heterocycles. The van der Waals surface area contributed by atoms with Crippen molar-refractivity contribution in [1.82, 2.24) is 0 Å². The van der Waals surface area contributed by atoms with E-state index in [1.165, 1.54) is 31.4 Å². The Morgan fingerprint density at radius 2 is 1.95 bits per heavy atom. The summed E-state index contributed by atoms with van der Waals surface area (Å²) in [5.74, 6) is -1.39. The van der Waals surface area contributed by atoms with E-state index in [1.54, 1.807) is 0 Å². The second kappa shape index (κ2) is 5.56. The van der Waals surface area contributed by atoms with E-state index in [1.807, 2.05) is 0 Å². The van der Waals surface area contributed by atoms with E-state index in [0.29, 0.717) is 5.69 Å². The minimum absolute atomic E-state index is 0.122. The van der Waals surface area contributed by atoms with Gasteiger partial charge < -0.3 is 15.8 Å². The number of rotatable bonds is 3. The first-order valence-corrected chi connectivity index (χ1v) is 5.71. The van der Waals surface area contributed by atoms with Crippen molar-refractivity contribution in [1.29, 1.82) is 0 Å². The molecule has 2 aromatic rings. The molecule has 20 heavy (non-hydrogen) atoms. The highest BCUT2D eigenvalue weighted by molar-refractivity contribution is 6.05. The van der Waals surface area contributed by atoms with Crippen molar-refractivity contribution < 1.29 is 18.3 Å². The summed E-state index contributed by atoms with van der Waals surface area (Å²) in [6.45, 7) is 0. The van der Waals surface area contributed by atoms with Gasteiger partial charge in [0, 0.05) is 11.6 Å². The van der Waals surface area contributed by atoms with Gasteiger partial charge in [-0.2, -0.15) is 0 Å². The normalized spacial score (nSPS) is 10.2. The van der Waals surface area contributed by atoms with Gasteiger partial charge in [-0.05, 0) is 30.3 Å². The maximum absolute atomic E-state index is 13.0. The highest BCUT2D eigenvalue weighted by Crippen LogP contribution is 2.25. The number of ether oxygens (including phenoxy) is 1. The molecule has 0 aromatic heterocycles. The third-order valence-electron chi connectivity index (χ3n) is 2.67. The van der Waals surface area contributed by atoms with Gasteiger partial charge >= 0.3 is 0 Å². The van der Waals surface area contributed by atoms with E-state index in [2.05, 4.69) is 5.32 Å². The lowest BCUT2D eigenvalue weighted by Gasteiger charge is -2.10. The zero-order valence-electron chi connectivity index (χ0n) is 10.6. The molecule has 0 unspecified atom stereocenters. The molecule has 0 radical (unpaired) electrons. The van der Waals surface area contributed by atoms with Crippen molar-refractivity contribution >= 4 is 17.3 Å². The van der Waals surface area contributed by atoms with E-state index >= 15 is 0 Å². The number of benzene rings is 2. The fourth-order valence-electron chi connectivity index (χ4n) is 1.65. The maximum atomic E-state index is 13.0. The van der Waals surface area contributed by atoms with Gasteiger partial charge in [0.2, 0.25) is 0 Å². The molecule has 2 aromatic carbocycles. The van der Waals surface area contributed by atoms with Crippen molar-refractivity contribution in [2.75, 3.05) is 18.2 Å². The molecule has 2 rings (SSSR count).